The van der Waals surface area contributed by atoms with Crippen molar-refractivity contribution in [1.82, 2.24) is 14.5 Å². The molecule has 45 heavy (non-hydrogen) atoms. The molecule has 0 radical (unpaired) electrons. The van der Waals surface area contributed by atoms with Gasteiger partial charge in [-0.15, -0.1) is 12.4 Å². The van der Waals surface area contributed by atoms with E-state index in [0.717, 1.165) is 12.1 Å². The summed E-state index contributed by atoms with van der Waals surface area (Å²) in [5.74, 6) is -0.787. The number of alkyl halides is 3. The highest BCUT2D eigenvalue weighted by Crippen LogP contribution is 2.47. The van der Waals surface area contributed by atoms with Crippen molar-refractivity contribution >= 4 is 57.4 Å². The van der Waals surface area contributed by atoms with Crippen LogP contribution in [-0.4, -0.2) is 67.9 Å². The van der Waals surface area contributed by atoms with E-state index in [4.69, 9.17) is 32.9 Å². The zero-order valence-electron chi connectivity index (χ0n) is 23.9. The van der Waals surface area contributed by atoms with Crippen molar-refractivity contribution in [3.63, 3.8) is 0 Å². The number of hydrogen-bond acceptors (Lipinski definition) is 6. The molecule has 1 amide bonds. The molecule has 3 aromatic rings. The molecule has 242 valence electrons. The molecule has 2 heterocycles. The van der Waals surface area contributed by atoms with Gasteiger partial charge in [-0.05, 0) is 60.5 Å². The van der Waals surface area contributed by atoms with Gasteiger partial charge in [-0.25, -0.2) is 12.7 Å². The molecule has 2 unspecified atom stereocenters. The number of sulfonamides is 1. The van der Waals surface area contributed by atoms with Gasteiger partial charge in [-0.2, -0.15) is 13.2 Å². The van der Waals surface area contributed by atoms with Crippen LogP contribution in [0, 0.1) is 0 Å². The van der Waals surface area contributed by atoms with Crippen LogP contribution in [-0.2, 0) is 21.0 Å². The number of aliphatic imine (C=N–C) groups is 1. The van der Waals surface area contributed by atoms with Gasteiger partial charge in [0.1, 0.15) is 17.6 Å². The molecule has 1 fully saturated rings. The number of carbonyl (C=O) groups is 1. The number of amides is 1. The quantitative estimate of drug-likeness (QED) is 0.289. The molecule has 2 aliphatic heterocycles. The summed E-state index contributed by atoms with van der Waals surface area (Å²) in [4.78, 5) is 18.5. The minimum atomic E-state index is -4.65. The molecular weight excluding hydrogens is 676 g/mol. The fourth-order valence-electron chi connectivity index (χ4n) is 5.29. The first-order valence-corrected chi connectivity index (χ1v) is 16.2. The Labute approximate surface area is 275 Å². The first kappa shape index (κ1) is 34.8. The Balaban J connectivity index is 0.00000461. The second-order valence-electron chi connectivity index (χ2n) is 10.3. The third kappa shape index (κ3) is 7.86. The lowest BCUT2D eigenvalue weighted by molar-refractivity contribution is -0.137. The van der Waals surface area contributed by atoms with Crippen LogP contribution in [0.3, 0.4) is 0 Å². The predicted molar refractivity (Wildman–Crippen MR) is 170 cm³/mol. The van der Waals surface area contributed by atoms with Crippen molar-refractivity contribution < 1.29 is 31.1 Å². The highest BCUT2D eigenvalue weighted by Gasteiger charge is 2.46. The van der Waals surface area contributed by atoms with Crippen molar-refractivity contribution in [2.24, 2.45) is 4.99 Å². The third-order valence-electron chi connectivity index (χ3n) is 7.38. The van der Waals surface area contributed by atoms with E-state index in [0.29, 0.717) is 34.3 Å². The number of hydrogen-bond donors (Lipinski definition) is 1. The van der Waals surface area contributed by atoms with Gasteiger partial charge in [0.25, 0.3) is 0 Å². The average molecular weight is 706 g/mol. The summed E-state index contributed by atoms with van der Waals surface area (Å²) in [5, 5.41) is 3.62. The second-order valence-corrected chi connectivity index (χ2v) is 13.2. The third-order valence-corrected chi connectivity index (χ3v) is 9.58. The molecule has 2 atom stereocenters. The molecular formula is C30H30Cl3F3N4O4S. The summed E-state index contributed by atoms with van der Waals surface area (Å²) < 4.78 is 76.6. The fourth-order valence-corrected chi connectivity index (χ4v) is 7.22. The van der Waals surface area contributed by atoms with Gasteiger partial charge in [-0.3, -0.25) is 14.7 Å². The fraction of sp³-hybridized carbons (Fsp3) is 0.333. The standard InChI is InChI=1S/C30H29Cl2F3N4O4S.ClH/c1-2-43-25-17-21(30(33,34)35)7-12-24(25)29-37-27(19-3-8-22(31)9-4-19)28(20-5-10-23(32)11-6-20)39(29)44(41,42)16-15-38-14-13-36-26(40)18-38;/h3-12,17,27-28H,2,13-16,18H2,1H3,(H,36,40);1H. The Morgan fingerprint density at radius 1 is 1.00 bits per heavy atom. The van der Waals surface area contributed by atoms with Crippen molar-refractivity contribution in [1.29, 1.82) is 0 Å². The van der Waals surface area contributed by atoms with Gasteiger partial charge < -0.3 is 10.1 Å². The van der Waals surface area contributed by atoms with Crippen LogP contribution >= 0.6 is 35.6 Å². The molecule has 0 saturated carbocycles. The minimum absolute atomic E-state index is 0. The number of amidine groups is 1. The smallest absolute Gasteiger partial charge is 0.416 e. The van der Waals surface area contributed by atoms with Crippen LogP contribution in [0.1, 0.15) is 41.3 Å². The lowest BCUT2D eigenvalue weighted by atomic mass is 9.95. The van der Waals surface area contributed by atoms with Gasteiger partial charge in [0.15, 0.2) is 0 Å². The molecule has 8 nitrogen and oxygen atoms in total. The Kier molecular flexibility index (Phi) is 11.0. The molecule has 0 aliphatic carbocycles. The summed E-state index contributed by atoms with van der Waals surface area (Å²) in [6, 6.07) is 14.6. The second kappa shape index (κ2) is 14.2. The van der Waals surface area contributed by atoms with Crippen LogP contribution < -0.4 is 10.1 Å². The van der Waals surface area contributed by atoms with E-state index in [1.54, 1.807) is 60.4 Å². The summed E-state index contributed by atoms with van der Waals surface area (Å²) >= 11 is 12.3. The van der Waals surface area contributed by atoms with Gasteiger partial charge >= 0.3 is 6.18 Å². The Bertz CT molecular complexity index is 1660. The first-order chi connectivity index (χ1) is 20.9. The largest absolute Gasteiger partial charge is 0.493 e. The topological polar surface area (TPSA) is 91.3 Å². The zero-order valence-corrected chi connectivity index (χ0v) is 27.1. The van der Waals surface area contributed by atoms with E-state index in [9.17, 15) is 26.4 Å². The lowest BCUT2D eigenvalue weighted by Gasteiger charge is -2.32. The van der Waals surface area contributed by atoms with Crippen LogP contribution in [0.5, 0.6) is 5.75 Å². The van der Waals surface area contributed by atoms with Gasteiger partial charge in [0.05, 0.1) is 36.1 Å². The van der Waals surface area contributed by atoms with E-state index in [1.165, 1.54) is 10.4 Å². The van der Waals surface area contributed by atoms with Crippen LogP contribution in [0.4, 0.5) is 13.2 Å². The Morgan fingerprint density at radius 2 is 1.62 bits per heavy atom. The molecule has 0 aromatic heterocycles. The maximum atomic E-state index is 14.4. The predicted octanol–water partition coefficient (Wildman–Crippen LogP) is 6.14. The summed E-state index contributed by atoms with van der Waals surface area (Å²) in [7, 11) is -4.21. The number of rotatable bonds is 9. The van der Waals surface area contributed by atoms with E-state index >= 15 is 0 Å². The maximum absolute atomic E-state index is 14.4. The maximum Gasteiger partial charge on any atom is 0.416 e. The van der Waals surface area contributed by atoms with Crippen molar-refractivity contribution in [3.05, 3.63) is 99.0 Å². The van der Waals surface area contributed by atoms with Crippen LogP contribution in [0.25, 0.3) is 0 Å². The lowest BCUT2D eigenvalue weighted by Crippen LogP contribution is -2.50. The van der Waals surface area contributed by atoms with Crippen molar-refractivity contribution in [2.75, 3.05) is 38.5 Å². The number of piperazine rings is 1. The molecule has 2 aliphatic rings. The SMILES string of the molecule is CCOc1cc(C(F)(F)F)ccc1C1=NC(c2ccc(Cl)cc2)C(c2ccc(Cl)cc2)N1S(=O)(=O)CCN1CCNC(=O)C1.Cl. The normalized spacial score (nSPS) is 19.1. The molecule has 15 heteroatoms. The number of carbonyl (C=O) groups excluding carboxylic acids is 1. The summed E-state index contributed by atoms with van der Waals surface area (Å²) in [5.41, 5.74) is 0.363. The number of benzene rings is 3. The van der Waals surface area contributed by atoms with E-state index < -0.39 is 33.8 Å². The molecule has 1 N–H and O–H groups in total. The Hall–Kier alpha value is -3.03. The monoisotopic (exact) mass is 704 g/mol. The number of nitrogens with one attached hydrogen (secondary N) is 1. The summed E-state index contributed by atoms with van der Waals surface area (Å²) in [6.07, 6.45) is -4.65. The van der Waals surface area contributed by atoms with Gasteiger partial charge in [0.2, 0.25) is 15.9 Å². The minimum Gasteiger partial charge on any atom is -0.493 e. The van der Waals surface area contributed by atoms with Crippen molar-refractivity contribution in [3.8, 4) is 5.75 Å². The number of halogens is 6. The van der Waals surface area contributed by atoms with Crippen LogP contribution in [0.2, 0.25) is 10.0 Å². The van der Waals surface area contributed by atoms with Gasteiger partial charge in [0, 0.05) is 29.7 Å². The van der Waals surface area contributed by atoms with E-state index in [1.807, 2.05) is 0 Å². The number of nitrogens with zero attached hydrogens (tertiary/aromatic N) is 3. The van der Waals surface area contributed by atoms with Gasteiger partial charge in [-0.1, -0.05) is 47.5 Å². The average Bonchev–Trinajstić information content (AvgIpc) is 3.38. The number of ether oxygens (including phenoxy) is 1. The summed E-state index contributed by atoms with van der Waals surface area (Å²) in [6.45, 7) is 2.64. The first-order valence-electron chi connectivity index (χ1n) is 13.8. The highest BCUT2D eigenvalue weighted by atomic mass is 35.5. The highest BCUT2D eigenvalue weighted by molar-refractivity contribution is 7.89. The zero-order chi connectivity index (χ0) is 31.6. The van der Waals surface area contributed by atoms with E-state index in [-0.39, 0.29) is 60.9 Å². The molecule has 5 rings (SSSR count). The van der Waals surface area contributed by atoms with Crippen molar-refractivity contribution in [2.45, 2.75) is 25.2 Å². The van der Waals surface area contributed by atoms with Crippen LogP contribution in [0.15, 0.2) is 71.7 Å². The van der Waals surface area contributed by atoms with E-state index in [2.05, 4.69) is 5.32 Å². The molecule has 3 aromatic carbocycles. The Morgan fingerprint density at radius 3 is 2.20 bits per heavy atom. The molecule has 0 bridgehead atoms. The molecule has 1 saturated heterocycles. The molecule has 0 spiro atoms.